The van der Waals surface area contributed by atoms with Crippen LogP contribution in [0.5, 0.6) is 0 Å². The van der Waals surface area contributed by atoms with Crippen molar-refractivity contribution in [2.45, 2.75) is 64.9 Å². The zero-order valence-corrected chi connectivity index (χ0v) is 8.88. The monoisotopic (exact) mass is 186 g/mol. The van der Waals surface area contributed by atoms with Gasteiger partial charge in [-0.25, -0.2) is 0 Å². The van der Waals surface area contributed by atoms with Crippen LogP contribution >= 0.6 is 0 Å². The predicted molar refractivity (Wildman–Crippen MR) is 54.7 cm³/mol. The van der Waals surface area contributed by atoms with Crippen molar-refractivity contribution in [1.82, 2.24) is 0 Å². The molecule has 0 rings (SSSR count). The molecular weight excluding hydrogens is 164 g/mol. The first kappa shape index (κ1) is 12.6. The summed E-state index contributed by atoms with van der Waals surface area (Å²) in [4.78, 5) is 10.6. The molecule has 0 aromatic carbocycles. The molecule has 1 unspecified atom stereocenters. The van der Waals surface area contributed by atoms with Gasteiger partial charge in [0.1, 0.15) is 5.78 Å². The lowest BCUT2D eigenvalue weighted by molar-refractivity contribution is -0.117. The van der Waals surface area contributed by atoms with Crippen LogP contribution in [0.25, 0.3) is 0 Å². The van der Waals surface area contributed by atoms with Crippen LogP contribution < -0.4 is 0 Å². The Morgan fingerprint density at radius 3 is 2.38 bits per heavy atom. The van der Waals surface area contributed by atoms with Crippen LogP contribution in [-0.4, -0.2) is 17.0 Å². The Hall–Kier alpha value is -0.370. The highest BCUT2D eigenvalue weighted by Crippen LogP contribution is 2.09. The minimum Gasteiger partial charge on any atom is -0.393 e. The maximum Gasteiger partial charge on any atom is 0.129 e. The Bertz CT molecular complexity index is 132. The normalized spacial score (nSPS) is 12.8. The molecule has 2 heteroatoms. The van der Waals surface area contributed by atoms with Gasteiger partial charge in [0.25, 0.3) is 0 Å². The number of unbranched alkanes of at least 4 members (excludes halogenated alkanes) is 2. The van der Waals surface area contributed by atoms with Crippen molar-refractivity contribution >= 4 is 5.78 Å². The fourth-order valence-electron chi connectivity index (χ4n) is 1.34. The van der Waals surface area contributed by atoms with E-state index in [-0.39, 0.29) is 11.9 Å². The summed E-state index contributed by atoms with van der Waals surface area (Å²) in [6.45, 7) is 3.75. The van der Waals surface area contributed by atoms with E-state index in [1.807, 2.05) is 0 Å². The Morgan fingerprint density at radius 2 is 1.85 bits per heavy atom. The van der Waals surface area contributed by atoms with Gasteiger partial charge in [-0.2, -0.15) is 0 Å². The Labute approximate surface area is 81.3 Å². The van der Waals surface area contributed by atoms with Gasteiger partial charge in [-0.3, -0.25) is 0 Å². The standard InChI is InChI=1S/C11H22O2/c1-3-4-8-11(13)9-6-5-7-10(2)12/h11,13H,3-9H2,1-2H3. The van der Waals surface area contributed by atoms with Gasteiger partial charge in [-0.15, -0.1) is 0 Å². The maximum absolute atomic E-state index is 10.6. The van der Waals surface area contributed by atoms with Gasteiger partial charge in [0.05, 0.1) is 6.10 Å². The highest BCUT2D eigenvalue weighted by molar-refractivity contribution is 5.75. The average molecular weight is 186 g/mol. The first-order chi connectivity index (χ1) is 6.16. The molecule has 0 saturated carbocycles. The summed E-state index contributed by atoms with van der Waals surface area (Å²) < 4.78 is 0. The number of aliphatic hydroxyl groups excluding tert-OH is 1. The molecular formula is C11H22O2. The van der Waals surface area contributed by atoms with E-state index in [1.54, 1.807) is 6.92 Å². The number of ketones is 1. The lowest BCUT2D eigenvalue weighted by atomic mass is 10.0. The molecule has 13 heavy (non-hydrogen) atoms. The van der Waals surface area contributed by atoms with E-state index in [4.69, 9.17) is 0 Å². The number of carbonyl (C=O) groups is 1. The highest BCUT2D eigenvalue weighted by atomic mass is 16.3. The number of hydrogen-bond acceptors (Lipinski definition) is 2. The Balaban J connectivity index is 3.16. The first-order valence-corrected chi connectivity index (χ1v) is 5.34. The molecule has 0 aliphatic carbocycles. The van der Waals surface area contributed by atoms with Crippen molar-refractivity contribution in [2.75, 3.05) is 0 Å². The van der Waals surface area contributed by atoms with Crippen molar-refractivity contribution < 1.29 is 9.90 Å². The van der Waals surface area contributed by atoms with Crippen LogP contribution in [0.3, 0.4) is 0 Å². The van der Waals surface area contributed by atoms with Crippen molar-refractivity contribution in [1.29, 1.82) is 0 Å². The van der Waals surface area contributed by atoms with Crippen LogP contribution in [0.4, 0.5) is 0 Å². The molecule has 0 radical (unpaired) electrons. The Morgan fingerprint density at radius 1 is 1.23 bits per heavy atom. The summed E-state index contributed by atoms with van der Waals surface area (Å²) in [5.74, 6) is 0.253. The lowest BCUT2D eigenvalue weighted by Gasteiger charge is -2.08. The molecule has 0 amide bonds. The van der Waals surface area contributed by atoms with E-state index in [0.717, 1.165) is 38.5 Å². The molecule has 78 valence electrons. The third kappa shape index (κ3) is 9.54. The summed E-state index contributed by atoms with van der Waals surface area (Å²) in [5, 5.41) is 9.46. The van der Waals surface area contributed by atoms with E-state index < -0.39 is 0 Å². The maximum atomic E-state index is 10.6. The van der Waals surface area contributed by atoms with Crippen molar-refractivity contribution in [2.24, 2.45) is 0 Å². The van der Waals surface area contributed by atoms with Crippen molar-refractivity contribution in [3.8, 4) is 0 Å². The van der Waals surface area contributed by atoms with Gasteiger partial charge in [0, 0.05) is 6.42 Å². The number of carbonyl (C=O) groups excluding carboxylic acids is 1. The molecule has 0 aliphatic heterocycles. The van der Waals surface area contributed by atoms with E-state index >= 15 is 0 Å². The zero-order valence-electron chi connectivity index (χ0n) is 8.88. The summed E-state index contributed by atoms with van der Waals surface area (Å²) in [5.41, 5.74) is 0. The number of Topliss-reactive ketones (excluding diaryl/α,β-unsaturated/α-hetero) is 1. The average Bonchev–Trinajstić information content (AvgIpc) is 2.08. The van der Waals surface area contributed by atoms with Crippen LogP contribution in [0.2, 0.25) is 0 Å². The van der Waals surface area contributed by atoms with Crippen LogP contribution in [-0.2, 0) is 4.79 Å². The zero-order chi connectivity index (χ0) is 10.1. The van der Waals surface area contributed by atoms with Crippen LogP contribution in [0.1, 0.15) is 58.8 Å². The number of rotatable bonds is 8. The summed E-state index contributed by atoms with van der Waals surface area (Å²) in [6, 6.07) is 0. The molecule has 0 bridgehead atoms. The smallest absolute Gasteiger partial charge is 0.129 e. The molecule has 0 spiro atoms. The first-order valence-electron chi connectivity index (χ1n) is 5.34. The third-order valence-corrected chi connectivity index (χ3v) is 2.21. The fraction of sp³-hybridized carbons (Fsp3) is 0.909. The quantitative estimate of drug-likeness (QED) is 0.592. The summed E-state index contributed by atoms with van der Waals surface area (Å²) in [6.07, 6.45) is 6.44. The van der Waals surface area contributed by atoms with Gasteiger partial charge < -0.3 is 9.90 Å². The molecule has 0 fully saturated rings. The predicted octanol–water partition coefficient (Wildman–Crippen LogP) is 2.69. The molecule has 0 aromatic heterocycles. The van der Waals surface area contributed by atoms with E-state index in [2.05, 4.69) is 6.92 Å². The van der Waals surface area contributed by atoms with Gasteiger partial charge in [0.2, 0.25) is 0 Å². The molecule has 2 nitrogen and oxygen atoms in total. The van der Waals surface area contributed by atoms with Gasteiger partial charge in [0.15, 0.2) is 0 Å². The molecule has 1 atom stereocenters. The van der Waals surface area contributed by atoms with Crippen LogP contribution in [0, 0.1) is 0 Å². The number of hydrogen-bond donors (Lipinski definition) is 1. The van der Waals surface area contributed by atoms with E-state index in [9.17, 15) is 9.90 Å². The highest BCUT2D eigenvalue weighted by Gasteiger charge is 2.02. The SMILES string of the molecule is CCCCC(O)CCCCC(C)=O. The molecule has 0 saturated heterocycles. The Kier molecular flexibility index (Phi) is 8.00. The van der Waals surface area contributed by atoms with Crippen molar-refractivity contribution in [3.63, 3.8) is 0 Å². The van der Waals surface area contributed by atoms with Gasteiger partial charge >= 0.3 is 0 Å². The third-order valence-electron chi connectivity index (χ3n) is 2.21. The van der Waals surface area contributed by atoms with Gasteiger partial charge in [-0.05, 0) is 26.2 Å². The largest absolute Gasteiger partial charge is 0.393 e. The fourth-order valence-corrected chi connectivity index (χ4v) is 1.34. The van der Waals surface area contributed by atoms with Crippen LogP contribution in [0.15, 0.2) is 0 Å². The molecule has 0 heterocycles. The molecule has 0 aliphatic rings. The minimum absolute atomic E-state index is 0.146. The lowest BCUT2D eigenvalue weighted by Crippen LogP contribution is -2.06. The minimum atomic E-state index is -0.146. The summed E-state index contributed by atoms with van der Waals surface area (Å²) in [7, 11) is 0. The van der Waals surface area contributed by atoms with E-state index in [1.165, 1.54) is 0 Å². The topological polar surface area (TPSA) is 37.3 Å². The second-order valence-electron chi connectivity index (χ2n) is 3.74. The van der Waals surface area contributed by atoms with Crippen molar-refractivity contribution in [3.05, 3.63) is 0 Å². The molecule has 0 aromatic rings. The summed E-state index contributed by atoms with van der Waals surface area (Å²) >= 11 is 0. The molecule has 1 N–H and O–H groups in total. The second kappa shape index (κ2) is 8.24. The second-order valence-corrected chi connectivity index (χ2v) is 3.74. The van der Waals surface area contributed by atoms with E-state index in [0.29, 0.717) is 6.42 Å². The van der Waals surface area contributed by atoms with Gasteiger partial charge in [-0.1, -0.05) is 26.2 Å². The number of aliphatic hydroxyl groups is 1.